The van der Waals surface area contributed by atoms with Gasteiger partial charge in [-0.15, -0.1) is 3.89 Å². The number of carbonyl (C=O) groups excluding carboxylic acids is 2. The van der Waals surface area contributed by atoms with Crippen LogP contribution in [-0.4, -0.2) is 39.2 Å². The summed E-state index contributed by atoms with van der Waals surface area (Å²) in [7, 11) is -3.81. The van der Waals surface area contributed by atoms with Crippen molar-refractivity contribution in [2.75, 3.05) is 18.6 Å². The lowest BCUT2D eigenvalue weighted by atomic mass is 10.1. The van der Waals surface area contributed by atoms with Crippen molar-refractivity contribution in [3.8, 4) is 0 Å². The molecular weight excluding hydrogens is 388 g/mol. The van der Waals surface area contributed by atoms with Crippen molar-refractivity contribution in [3.05, 3.63) is 28.0 Å². The van der Waals surface area contributed by atoms with Gasteiger partial charge in [0.2, 0.25) is 5.91 Å². The zero-order chi connectivity index (χ0) is 16.7. The number of nitrogens with zero attached hydrogens (tertiary/aromatic N) is 1. The van der Waals surface area contributed by atoms with E-state index >= 15 is 0 Å². The zero-order valence-electron chi connectivity index (χ0n) is 11.2. The highest BCUT2D eigenvalue weighted by atomic mass is 79.9. The third-order valence-corrected chi connectivity index (χ3v) is 4.94. The molecule has 0 bridgehead atoms. The Bertz CT molecular complexity index is 752. The molecule has 0 radical (unpaired) electrons. The molecule has 0 saturated carbocycles. The lowest BCUT2D eigenvalue weighted by Crippen LogP contribution is -2.28. The number of esters is 1. The lowest BCUT2D eigenvalue weighted by Gasteiger charge is -2.19. The Morgan fingerprint density at radius 3 is 2.59 bits per heavy atom. The maximum Gasteiger partial charge on any atom is 0.340 e. The van der Waals surface area contributed by atoms with Gasteiger partial charge in [0.15, 0.2) is 0 Å². The van der Waals surface area contributed by atoms with E-state index in [0.717, 1.165) is 24.1 Å². The Labute approximate surface area is 133 Å². The summed E-state index contributed by atoms with van der Waals surface area (Å²) >= 11 is 2.90. The number of anilines is 1. The molecule has 22 heavy (non-hydrogen) atoms. The van der Waals surface area contributed by atoms with Crippen LogP contribution in [0.1, 0.15) is 16.8 Å². The molecule has 1 atom stereocenters. The summed E-state index contributed by atoms with van der Waals surface area (Å²) < 4.78 is 53.1. The summed E-state index contributed by atoms with van der Waals surface area (Å²) in [6, 6.07) is 2.00. The molecule has 1 heterocycles. The van der Waals surface area contributed by atoms with E-state index in [0.29, 0.717) is 0 Å². The van der Waals surface area contributed by atoms with E-state index in [4.69, 9.17) is 0 Å². The van der Waals surface area contributed by atoms with Crippen LogP contribution < -0.4 is 4.90 Å². The fourth-order valence-electron chi connectivity index (χ4n) is 2.13. The normalized spacial score (nSPS) is 18.6. The monoisotopic (exact) mass is 397 g/mol. The summed E-state index contributed by atoms with van der Waals surface area (Å²) in [6.45, 7) is -0.497. The molecule has 1 unspecified atom stereocenters. The van der Waals surface area contributed by atoms with Crippen LogP contribution in [0.25, 0.3) is 0 Å². The summed E-state index contributed by atoms with van der Waals surface area (Å²) in [6.07, 6.45) is -0.572. The molecule has 1 aliphatic heterocycles. The van der Waals surface area contributed by atoms with Crippen molar-refractivity contribution in [2.45, 2.75) is 11.7 Å². The van der Waals surface area contributed by atoms with Crippen LogP contribution in [0.4, 0.5) is 14.0 Å². The summed E-state index contributed by atoms with van der Waals surface area (Å²) in [4.78, 5) is 24.5. The number of benzene rings is 1. The van der Waals surface area contributed by atoms with E-state index in [1.807, 2.05) is 0 Å². The van der Waals surface area contributed by atoms with Crippen LogP contribution in [0.15, 0.2) is 16.6 Å². The van der Waals surface area contributed by atoms with Crippen LogP contribution in [0, 0.1) is 5.82 Å². The molecule has 6 nitrogen and oxygen atoms in total. The third-order valence-electron chi connectivity index (χ3n) is 3.22. The van der Waals surface area contributed by atoms with Gasteiger partial charge in [0, 0.05) is 13.0 Å². The predicted octanol–water partition coefficient (Wildman–Crippen LogP) is 1.78. The highest BCUT2D eigenvalue weighted by Gasteiger charge is 2.40. The van der Waals surface area contributed by atoms with E-state index < -0.39 is 46.1 Å². The molecule has 1 fully saturated rings. The Morgan fingerprint density at radius 2 is 2.09 bits per heavy atom. The Hall–Kier alpha value is -1.55. The van der Waals surface area contributed by atoms with Gasteiger partial charge in [-0.1, -0.05) is 0 Å². The van der Waals surface area contributed by atoms with Crippen molar-refractivity contribution in [3.63, 3.8) is 0 Å². The summed E-state index contributed by atoms with van der Waals surface area (Å²) in [5, 5.41) is -1.54. The van der Waals surface area contributed by atoms with E-state index in [1.54, 1.807) is 0 Å². The number of halogens is 3. The second-order valence-corrected chi connectivity index (χ2v) is 7.05. The second-order valence-electron chi connectivity index (χ2n) is 4.58. The summed E-state index contributed by atoms with van der Waals surface area (Å²) in [5.41, 5.74) is -0.301. The molecule has 0 aliphatic carbocycles. The Kier molecular flexibility index (Phi) is 4.52. The van der Waals surface area contributed by atoms with Gasteiger partial charge in [-0.3, -0.25) is 4.79 Å². The number of carbonyl (C=O) groups is 2. The highest BCUT2D eigenvalue weighted by Crippen LogP contribution is 2.32. The van der Waals surface area contributed by atoms with Crippen LogP contribution in [0.2, 0.25) is 0 Å². The highest BCUT2D eigenvalue weighted by molar-refractivity contribution is 9.10. The second kappa shape index (κ2) is 5.92. The lowest BCUT2D eigenvalue weighted by molar-refractivity contribution is -0.117. The minimum atomic E-state index is -4.92. The first kappa shape index (κ1) is 16.8. The topological polar surface area (TPSA) is 80.8 Å². The first-order valence-corrected chi connectivity index (χ1v) is 8.20. The quantitative estimate of drug-likeness (QED) is 0.573. The van der Waals surface area contributed by atoms with Gasteiger partial charge in [0.05, 0.1) is 22.8 Å². The van der Waals surface area contributed by atoms with E-state index in [-0.39, 0.29) is 15.7 Å². The number of ether oxygens (including phenoxy) is 1. The van der Waals surface area contributed by atoms with Gasteiger partial charge in [-0.2, -0.15) is 8.42 Å². The number of methoxy groups -OCH3 is 1. The molecule has 2 rings (SSSR count). The van der Waals surface area contributed by atoms with Gasteiger partial charge >= 0.3 is 16.2 Å². The van der Waals surface area contributed by atoms with Crippen molar-refractivity contribution in [1.29, 1.82) is 0 Å². The number of amides is 1. The number of hydrogen-bond acceptors (Lipinski definition) is 5. The first-order valence-electron chi connectivity index (χ1n) is 5.96. The number of rotatable bonds is 3. The van der Waals surface area contributed by atoms with Crippen molar-refractivity contribution in [1.82, 2.24) is 0 Å². The molecule has 1 aromatic carbocycles. The van der Waals surface area contributed by atoms with Crippen LogP contribution in [-0.2, 0) is 19.8 Å². The maximum atomic E-state index is 13.7. The average Bonchev–Trinajstić information content (AvgIpc) is 2.82. The van der Waals surface area contributed by atoms with E-state index in [9.17, 15) is 26.3 Å². The third kappa shape index (κ3) is 3.12. The molecule has 1 aliphatic rings. The van der Waals surface area contributed by atoms with Gasteiger partial charge in [0.25, 0.3) is 0 Å². The minimum Gasteiger partial charge on any atom is -0.465 e. The van der Waals surface area contributed by atoms with Crippen molar-refractivity contribution < 1.29 is 31.0 Å². The SMILES string of the molecule is COC(=O)c1cc(Br)c(F)cc1N1CC(S(=O)(=O)F)CC1=O. The minimum absolute atomic E-state index is 0.0297. The van der Waals surface area contributed by atoms with Gasteiger partial charge in [-0.05, 0) is 28.1 Å². The Morgan fingerprint density at radius 1 is 1.45 bits per heavy atom. The van der Waals surface area contributed by atoms with E-state index in [1.165, 1.54) is 0 Å². The zero-order valence-corrected chi connectivity index (χ0v) is 13.6. The standard InChI is InChI=1S/C12H10BrF2NO5S/c1-21-12(18)7-3-8(13)9(14)4-10(7)16-5-6(2-11(16)17)22(15,19)20/h3-4,6H,2,5H2,1H3. The van der Waals surface area contributed by atoms with Crippen molar-refractivity contribution >= 4 is 43.7 Å². The molecule has 10 heteroatoms. The largest absolute Gasteiger partial charge is 0.465 e. The Balaban J connectivity index is 2.50. The molecule has 1 saturated heterocycles. The van der Waals surface area contributed by atoms with E-state index in [2.05, 4.69) is 20.7 Å². The molecule has 120 valence electrons. The predicted molar refractivity (Wildman–Crippen MR) is 76.2 cm³/mol. The smallest absolute Gasteiger partial charge is 0.340 e. The van der Waals surface area contributed by atoms with Crippen LogP contribution in [0.3, 0.4) is 0 Å². The van der Waals surface area contributed by atoms with Gasteiger partial charge in [0.1, 0.15) is 11.1 Å². The average molecular weight is 398 g/mol. The summed E-state index contributed by atoms with van der Waals surface area (Å²) in [5.74, 6) is -2.32. The van der Waals surface area contributed by atoms with Crippen LogP contribution >= 0.6 is 15.9 Å². The fraction of sp³-hybridized carbons (Fsp3) is 0.333. The fourth-order valence-corrected chi connectivity index (χ4v) is 3.14. The maximum absolute atomic E-state index is 13.7. The molecule has 1 amide bonds. The molecule has 0 spiro atoms. The van der Waals surface area contributed by atoms with Crippen LogP contribution in [0.5, 0.6) is 0 Å². The van der Waals surface area contributed by atoms with Gasteiger partial charge in [-0.25, -0.2) is 9.18 Å². The van der Waals surface area contributed by atoms with Gasteiger partial charge < -0.3 is 9.64 Å². The first-order chi connectivity index (χ1) is 10.1. The number of hydrogen-bond donors (Lipinski definition) is 0. The van der Waals surface area contributed by atoms with Crippen molar-refractivity contribution in [2.24, 2.45) is 0 Å². The molecular formula is C12H10BrF2NO5S. The molecule has 0 N–H and O–H groups in total. The molecule has 0 aromatic heterocycles. The molecule has 1 aromatic rings.